The molecule has 2 aromatic rings. The number of hydrogen-bond donors (Lipinski definition) is 1. The van der Waals surface area contributed by atoms with Crippen LogP contribution in [-0.4, -0.2) is 28.9 Å². The van der Waals surface area contributed by atoms with Crippen molar-refractivity contribution in [2.24, 2.45) is 0 Å². The Bertz CT molecular complexity index is 787. The number of carbonyl (C=O) groups is 1. The van der Waals surface area contributed by atoms with Gasteiger partial charge in [0.1, 0.15) is 5.69 Å². The highest BCUT2D eigenvalue weighted by Crippen LogP contribution is 2.36. The summed E-state index contributed by atoms with van der Waals surface area (Å²) in [6.07, 6.45) is 0.00479. The van der Waals surface area contributed by atoms with Crippen LogP contribution in [0.15, 0.2) is 36.5 Å². The van der Waals surface area contributed by atoms with Crippen molar-refractivity contribution in [2.45, 2.75) is 25.4 Å². The number of rotatable bonds is 3. The van der Waals surface area contributed by atoms with Crippen molar-refractivity contribution >= 4 is 28.9 Å². The summed E-state index contributed by atoms with van der Waals surface area (Å²) >= 11 is 5.61. The number of nitrogens with one attached hydrogen (secondary N) is 1. The standard InChI is InChI=1S/C18H17ClF3N3O/c19-15-6-4-12(10-14(15)18(20,21)22)24-13-5-7-16(23-11-13)17(26)25-8-2-1-3-9-25/h4-7,10-11,24H,1-3,8-9H2. The van der Waals surface area contributed by atoms with Gasteiger partial charge in [0.2, 0.25) is 0 Å². The number of pyridine rings is 1. The molecule has 4 nitrogen and oxygen atoms in total. The number of aromatic nitrogens is 1. The minimum absolute atomic E-state index is 0.123. The highest BCUT2D eigenvalue weighted by Gasteiger charge is 2.33. The number of carbonyl (C=O) groups excluding carboxylic acids is 1. The van der Waals surface area contributed by atoms with E-state index in [1.807, 2.05) is 0 Å². The fourth-order valence-electron chi connectivity index (χ4n) is 2.84. The molecule has 2 heterocycles. The van der Waals surface area contributed by atoms with Crippen molar-refractivity contribution in [2.75, 3.05) is 18.4 Å². The molecule has 1 saturated heterocycles. The van der Waals surface area contributed by atoms with Crippen molar-refractivity contribution in [3.05, 3.63) is 52.8 Å². The van der Waals surface area contributed by atoms with Gasteiger partial charge in [-0.1, -0.05) is 11.6 Å². The maximum atomic E-state index is 12.9. The molecule has 1 aromatic carbocycles. The fourth-order valence-corrected chi connectivity index (χ4v) is 3.06. The quantitative estimate of drug-likeness (QED) is 0.799. The zero-order chi connectivity index (χ0) is 18.7. The third-order valence-electron chi connectivity index (χ3n) is 4.19. The molecule has 138 valence electrons. The van der Waals surface area contributed by atoms with Gasteiger partial charge < -0.3 is 10.2 Å². The van der Waals surface area contributed by atoms with Gasteiger partial charge in [0.05, 0.1) is 22.5 Å². The van der Waals surface area contributed by atoms with Gasteiger partial charge in [-0.15, -0.1) is 0 Å². The van der Waals surface area contributed by atoms with Gasteiger partial charge in [-0.05, 0) is 49.6 Å². The summed E-state index contributed by atoms with van der Waals surface area (Å²) in [6, 6.07) is 6.76. The molecule has 1 amide bonds. The van der Waals surface area contributed by atoms with Gasteiger partial charge in [-0.25, -0.2) is 4.98 Å². The highest BCUT2D eigenvalue weighted by molar-refractivity contribution is 6.31. The minimum atomic E-state index is -4.53. The van der Waals surface area contributed by atoms with E-state index in [0.717, 1.165) is 38.4 Å². The monoisotopic (exact) mass is 383 g/mol. The molecular weight excluding hydrogens is 367 g/mol. The molecule has 8 heteroatoms. The molecule has 0 saturated carbocycles. The van der Waals surface area contributed by atoms with E-state index in [9.17, 15) is 18.0 Å². The summed E-state index contributed by atoms with van der Waals surface area (Å²) in [5.74, 6) is -0.123. The van der Waals surface area contributed by atoms with Crippen LogP contribution in [0.3, 0.4) is 0 Å². The van der Waals surface area contributed by atoms with Gasteiger partial charge in [0.15, 0.2) is 0 Å². The number of nitrogens with zero attached hydrogens (tertiary/aromatic N) is 2. The average Bonchev–Trinajstić information content (AvgIpc) is 2.63. The first-order valence-corrected chi connectivity index (χ1v) is 8.61. The average molecular weight is 384 g/mol. The first-order valence-electron chi connectivity index (χ1n) is 8.24. The molecule has 1 N–H and O–H groups in total. The summed E-state index contributed by atoms with van der Waals surface area (Å²) in [4.78, 5) is 18.3. The summed E-state index contributed by atoms with van der Waals surface area (Å²) in [5.41, 5.74) is 0.132. The van der Waals surface area contributed by atoms with Gasteiger partial charge in [-0.2, -0.15) is 13.2 Å². The number of benzene rings is 1. The summed E-state index contributed by atoms with van der Waals surface area (Å²) in [7, 11) is 0. The Hall–Kier alpha value is -2.28. The topological polar surface area (TPSA) is 45.2 Å². The second-order valence-electron chi connectivity index (χ2n) is 6.10. The van der Waals surface area contributed by atoms with E-state index < -0.39 is 11.7 Å². The lowest BCUT2D eigenvalue weighted by Crippen LogP contribution is -2.36. The molecule has 1 aliphatic rings. The Balaban J connectivity index is 1.72. The number of alkyl halides is 3. The molecule has 0 unspecified atom stereocenters. The zero-order valence-corrected chi connectivity index (χ0v) is 14.6. The van der Waals surface area contributed by atoms with E-state index in [0.29, 0.717) is 11.4 Å². The van der Waals surface area contributed by atoms with Crippen molar-refractivity contribution in [3.63, 3.8) is 0 Å². The smallest absolute Gasteiger partial charge is 0.354 e. The van der Waals surface area contributed by atoms with E-state index in [1.165, 1.54) is 18.3 Å². The first kappa shape index (κ1) is 18.5. The number of amides is 1. The Morgan fingerprint density at radius 3 is 2.38 bits per heavy atom. The van der Waals surface area contributed by atoms with E-state index in [1.54, 1.807) is 17.0 Å². The fraction of sp³-hybridized carbons (Fsp3) is 0.333. The molecule has 0 bridgehead atoms. The van der Waals surface area contributed by atoms with Crippen LogP contribution >= 0.6 is 11.6 Å². The van der Waals surface area contributed by atoms with E-state index in [4.69, 9.17) is 11.6 Å². The van der Waals surface area contributed by atoms with Gasteiger partial charge >= 0.3 is 6.18 Å². The molecular formula is C18H17ClF3N3O. The summed E-state index contributed by atoms with van der Waals surface area (Å²) in [5, 5.41) is 2.49. The lowest BCUT2D eigenvalue weighted by atomic mass is 10.1. The molecule has 3 rings (SSSR count). The molecule has 0 atom stereocenters. The lowest BCUT2D eigenvalue weighted by molar-refractivity contribution is -0.137. The number of hydrogen-bond acceptors (Lipinski definition) is 3. The summed E-state index contributed by atoms with van der Waals surface area (Å²) < 4.78 is 38.8. The van der Waals surface area contributed by atoms with Crippen LogP contribution in [0.4, 0.5) is 24.5 Å². The van der Waals surface area contributed by atoms with Crippen molar-refractivity contribution in [1.82, 2.24) is 9.88 Å². The maximum absolute atomic E-state index is 12.9. The van der Waals surface area contributed by atoms with Crippen molar-refractivity contribution in [3.8, 4) is 0 Å². The predicted octanol–water partition coefficient (Wildman–Crippen LogP) is 5.12. The Kier molecular flexibility index (Phi) is 5.36. The third-order valence-corrected chi connectivity index (χ3v) is 4.52. The van der Waals surface area contributed by atoms with Crippen LogP contribution in [0.5, 0.6) is 0 Å². The van der Waals surface area contributed by atoms with Gasteiger partial charge in [0, 0.05) is 18.8 Å². The van der Waals surface area contributed by atoms with Crippen LogP contribution < -0.4 is 5.32 Å². The maximum Gasteiger partial charge on any atom is 0.417 e. The second kappa shape index (κ2) is 7.53. The zero-order valence-electron chi connectivity index (χ0n) is 13.8. The molecule has 0 spiro atoms. The predicted molar refractivity (Wildman–Crippen MR) is 93.7 cm³/mol. The highest BCUT2D eigenvalue weighted by atomic mass is 35.5. The Morgan fingerprint density at radius 1 is 1.08 bits per heavy atom. The Labute approximate surface area is 154 Å². The van der Waals surface area contributed by atoms with Gasteiger partial charge in [0.25, 0.3) is 5.91 Å². The lowest BCUT2D eigenvalue weighted by Gasteiger charge is -2.26. The normalized spacial score (nSPS) is 15.0. The molecule has 0 aliphatic carbocycles. The van der Waals surface area contributed by atoms with Crippen LogP contribution in [0.1, 0.15) is 35.3 Å². The van der Waals surface area contributed by atoms with Gasteiger partial charge in [-0.3, -0.25) is 4.79 Å². The van der Waals surface area contributed by atoms with Crippen LogP contribution in [0, 0.1) is 0 Å². The third kappa shape index (κ3) is 4.27. The number of halogens is 4. The number of likely N-dealkylation sites (tertiary alicyclic amines) is 1. The van der Waals surface area contributed by atoms with Crippen LogP contribution in [-0.2, 0) is 6.18 Å². The molecule has 1 aromatic heterocycles. The van der Waals surface area contributed by atoms with E-state index in [2.05, 4.69) is 10.3 Å². The molecule has 0 radical (unpaired) electrons. The Morgan fingerprint density at radius 2 is 1.77 bits per heavy atom. The van der Waals surface area contributed by atoms with Crippen molar-refractivity contribution in [1.29, 1.82) is 0 Å². The molecule has 1 aliphatic heterocycles. The number of anilines is 2. The first-order chi connectivity index (χ1) is 12.3. The van der Waals surface area contributed by atoms with Crippen molar-refractivity contribution < 1.29 is 18.0 Å². The summed E-state index contributed by atoms with van der Waals surface area (Å²) in [6.45, 7) is 1.46. The van der Waals surface area contributed by atoms with E-state index in [-0.39, 0.29) is 16.6 Å². The number of piperidine rings is 1. The molecule has 1 fully saturated rings. The van der Waals surface area contributed by atoms with Crippen LogP contribution in [0.2, 0.25) is 5.02 Å². The molecule has 26 heavy (non-hydrogen) atoms. The SMILES string of the molecule is O=C(c1ccc(Nc2ccc(Cl)c(C(F)(F)F)c2)cn1)N1CCCCC1. The largest absolute Gasteiger partial charge is 0.417 e. The minimum Gasteiger partial charge on any atom is -0.354 e. The van der Waals surface area contributed by atoms with Crippen LogP contribution in [0.25, 0.3) is 0 Å². The van der Waals surface area contributed by atoms with E-state index >= 15 is 0 Å². The second-order valence-corrected chi connectivity index (χ2v) is 6.51.